The smallest absolute Gasteiger partial charge is 0.455 e. The molecule has 122 valence electrons. The predicted molar refractivity (Wildman–Crippen MR) is 94.9 cm³/mol. The summed E-state index contributed by atoms with van der Waals surface area (Å²) in [6.07, 6.45) is 12.9. The van der Waals surface area contributed by atoms with Gasteiger partial charge in [-0.1, -0.05) is 67.1 Å². The predicted octanol–water partition coefficient (Wildman–Crippen LogP) is 6.08. The molecule has 0 saturated heterocycles. The normalized spacial score (nSPS) is 13.3. The van der Waals surface area contributed by atoms with Gasteiger partial charge in [-0.05, 0) is 32.1 Å². The van der Waals surface area contributed by atoms with E-state index in [0.717, 1.165) is 44.9 Å². The van der Waals surface area contributed by atoms with Crippen molar-refractivity contribution in [3.8, 4) is 0 Å². The summed E-state index contributed by atoms with van der Waals surface area (Å²) in [4.78, 5) is 12.2. The Morgan fingerprint density at radius 1 is 1.24 bits per heavy atom. The Labute approximate surface area is 140 Å². The maximum Gasteiger partial charge on any atom is 0.455 e. The highest BCUT2D eigenvalue weighted by Gasteiger charge is 2.35. The molecule has 1 unspecified atom stereocenters. The van der Waals surface area contributed by atoms with Crippen LogP contribution in [-0.4, -0.2) is 12.9 Å². The SMILES string of the molecule is C=CC[Si](Cl)(Cl)OC(=O)C(CCC)CCCCC=CCC. The number of halogens is 2. The standard InChI is InChI=1S/C16H28Cl2O2Si/c1-4-7-8-9-10-11-13-15(12-5-2)16(19)20-21(17,18)14-6-3/h6-8,15H,3-5,9-14H2,1-2H3. The number of hydrogen-bond acceptors (Lipinski definition) is 2. The Bertz CT molecular complexity index is 330. The molecule has 1 atom stereocenters. The van der Waals surface area contributed by atoms with E-state index in [2.05, 4.69) is 32.6 Å². The van der Waals surface area contributed by atoms with Crippen LogP contribution in [0.2, 0.25) is 6.04 Å². The molecule has 0 aromatic rings. The second-order valence-electron chi connectivity index (χ2n) is 5.20. The molecule has 0 aromatic carbocycles. The zero-order chi connectivity index (χ0) is 16.1. The van der Waals surface area contributed by atoms with Crippen LogP contribution in [0, 0.1) is 5.92 Å². The van der Waals surface area contributed by atoms with Gasteiger partial charge in [-0.3, -0.25) is 4.79 Å². The van der Waals surface area contributed by atoms with Crippen LogP contribution < -0.4 is 0 Å². The summed E-state index contributed by atoms with van der Waals surface area (Å²) in [7, 11) is 0. The summed E-state index contributed by atoms with van der Waals surface area (Å²) < 4.78 is 5.33. The molecular weight excluding hydrogens is 323 g/mol. The van der Waals surface area contributed by atoms with E-state index in [9.17, 15) is 4.79 Å². The van der Waals surface area contributed by atoms with Gasteiger partial charge in [-0.25, -0.2) is 0 Å². The topological polar surface area (TPSA) is 26.3 Å². The molecule has 0 radical (unpaired) electrons. The molecule has 0 spiro atoms. The second-order valence-corrected chi connectivity index (χ2v) is 11.3. The van der Waals surface area contributed by atoms with Crippen molar-refractivity contribution >= 4 is 35.1 Å². The van der Waals surface area contributed by atoms with Gasteiger partial charge < -0.3 is 4.43 Å². The van der Waals surface area contributed by atoms with Gasteiger partial charge in [-0.2, -0.15) is 0 Å². The molecule has 0 aliphatic carbocycles. The number of allylic oxidation sites excluding steroid dienone is 3. The van der Waals surface area contributed by atoms with Crippen molar-refractivity contribution in [1.29, 1.82) is 0 Å². The average Bonchev–Trinajstić information content (AvgIpc) is 2.40. The molecule has 0 amide bonds. The average molecular weight is 351 g/mol. The van der Waals surface area contributed by atoms with E-state index in [0.29, 0.717) is 6.04 Å². The summed E-state index contributed by atoms with van der Waals surface area (Å²) in [5.74, 6) is -0.321. The summed E-state index contributed by atoms with van der Waals surface area (Å²) in [6, 6.07) is 0.364. The molecule has 0 fully saturated rings. The van der Waals surface area contributed by atoms with E-state index in [-0.39, 0.29) is 11.9 Å². The minimum absolute atomic E-state index is 0.0839. The van der Waals surface area contributed by atoms with Crippen LogP contribution in [0.15, 0.2) is 24.8 Å². The second kappa shape index (κ2) is 12.3. The molecule has 2 nitrogen and oxygen atoms in total. The van der Waals surface area contributed by atoms with Gasteiger partial charge in [-0.15, -0.1) is 6.58 Å². The molecule has 0 heterocycles. The largest absolute Gasteiger partial charge is 0.491 e. The highest BCUT2D eigenvalue weighted by Crippen LogP contribution is 2.26. The van der Waals surface area contributed by atoms with E-state index in [1.165, 1.54) is 0 Å². The van der Waals surface area contributed by atoms with E-state index < -0.39 is 6.94 Å². The third-order valence-electron chi connectivity index (χ3n) is 3.18. The Balaban J connectivity index is 4.23. The molecule has 0 aliphatic heterocycles. The zero-order valence-electron chi connectivity index (χ0n) is 13.2. The summed E-state index contributed by atoms with van der Waals surface area (Å²) >= 11 is 12.1. The third kappa shape index (κ3) is 11.0. The summed E-state index contributed by atoms with van der Waals surface area (Å²) in [5, 5.41) is 0. The lowest BCUT2D eigenvalue weighted by molar-refractivity contribution is -0.139. The van der Waals surface area contributed by atoms with Gasteiger partial charge in [0.2, 0.25) is 0 Å². The third-order valence-corrected chi connectivity index (χ3v) is 5.83. The summed E-state index contributed by atoms with van der Waals surface area (Å²) in [6.45, 7) is 4.83. The molecule has 0 bridgehead atoms. The Morgan fingerprint density at radius 2 is 1.95 bits per heavy atom. The van der Waals surface area contributed by atoms with E-state index in [4.69, 9.17) is 26.6 Å². The first-order valence-corrected chi connectivity index (χ1v) is 12.0. The molecule has 0 N–H and O–H groups in total. The van der Waals surface area contributed by atoms with Crippen LogP contribution in [0.4, 0.5) is 0 Å². The lowest BCUT2D eigenvalue weighted by Crippen LogP contribution is -2.31. The van der Waals surface area contributed by atoms with Crippen LogP contribution in [0.1, 0.15) is 58.8 Å². The molecular formula is C16H28Cl2O2Si. The minimum atomic E-state index is -2.96. The highest BCUT2D eigenvalue weighted by atomic mass is 35.7. The quantitative estimate of drug-likeness (QED) is 0.184. The number of hydrogen-bond donors (Lipinski definition) is 0. The fraction of sp³-hybridized carbons (Fsp3) is 0.688. The monoisotopic (exact) mass is 350 g/mol. The Hall–Kier alpha value is -0.253. The first-order valence-electron chi connectivity index (χ1n) is 7.83. The minimum Gasteiger partial charge on any atom is -0.491 e. The fourth-order valence-corrected chi connectivity index (χ4v) is 4.10. The molecule has 5 heteroatoms. The number of rotatable bonds is 12. The fourth-order valence-electron chi connectivity index (χ4n) is 2.11. The molecule has 0 saturated carbocycles. The van der Waals surface area contributed by atoms with Crippen molar-refractivity contribution in [3.05, 3.63) is 24.8 Å². The zero-order valence-corrected chi connectivity index (χ0v) is 15.8. The van der Waals surface area contributed by atoms with Gasteiger partial charge in [0.05, 0.1) is 5.92 Å². The van der Waals surface area contributed by atoms with Crippen LogP contribution in [0.5, 0.6) is 0 Å². The molecule has 21 heavy (non-hydrogen) atoms. The van der Waals surface area contributed by atoms with E-state index in [1.54, 1.807) is 6.08 Å². The molecule has 0 aliphatic rings. The Kier molecular flexibility index (Phi) is 12.2. The van der Waals surface area contributed by atoms with Gasteiger partial charge in [0.25, 0.3) is 5.97 Å². The van der Waals surface area contributed by atoms with Crippen LogP contribution >= 0.6 is 22.2 Å². The van der Waals surface area contributed by atoms with Crippen molar-refractivity contribution in [2.24, 2.45) is 5.92 Å². The van der Waals surface area contributed by atoms with Crippen molar-refractivity contribution in [1.82, 2.24) is 0 Å². The van der Waals surface area contributed by atoms with Gasteiger partial charge in [0.1, 0.15) is 0 Å². The van der Waals surface area contributed by atoms with Crippen molar-refractivity contribution in [2.75, 3.05) is 0 Å². The van der Waals surface area contributed by atoms with Gasteiger partial charge in [0.15, 0.2) is 0 Å². The first-order chi connectivity index (χ1) is 9.96. The van der Waals surface area contributed by atoms with Crippen LogP contribution in [0.3, 0.4) is 0 Å². The number of carbonyl (C=O) groups is 1. The number of carbonyl (C=O) groups excluding carboxylic acids is 1. The maximum absolute atomic E-state index is 12.2. The number of unbranched alkanes of at least 4 members (excludes halogenated alkanes) is 2. The van der Waals surface area contributed by atoms with Gasteiger partial charge in [0, 0.05) is 6.04 Å². The maximum atomic E-state index is 12.2. The molecule has 0 rings (SSSR count). The summed E-state index contributed by atoms with van der Waals surface area (Å²) in [5.41, 5.74) is 0. The van der Waals surface area contributed by atoms with Crippen molar-refractivity contribution < 1.29 is 9.22 Å². The van der Waals surface area contributed by atoms with Crippen LogP contribution in [0.25, 0.3) is 0 Å². The van der Waals surface area contributed by atoms with Crippen molar-refractivity contribution in [2.45, 2.75) is 64.8 Å². The highest BCUT2D eigenvalue weighted by molar-refractivity contribution is 7.42. The first kappa shape index (κ1) is 20.7. The van der Waals surface area contributed by atoms with Crippen molar-refractivity contribution in [3.63, 3.8) is 0 Å². The lowest BCUT2D eigenvalue weighted by atomic mass is 9.97. The van der Waals surface area contributed by atoms with E-state index >= 15 is 0 Å². The molecule has 0 aromatic heterocycles. The van der Waals surface area contributed by atoms with E-state index in [1.807, 2.05) is 0 Å². The van der Waals surface area contributed by atoms with Crippen LogP contribution in [-0.2, 0) is 9.22 Å². The lowest BCUT2D eigenvalue weighted by Gasteiger charge is -2.21. The van der Waals surface area contributed by atoms with Gasteiger partial charge >= 0.3 is 6.94 Å². The Morgan fingerprint density at radius 3 is 2.52 bits per heavy atom.